The zero-order valence-electron chi connectivity index (χ0n) is 16.8. The molecule has 1 N–H and O–H groups in total. The summed E-state index contributed by atoms with van der Waals surface area (Å²) in [6.45, 7) is 6.06. The normalized spacial score (nSPS) is 14.0. The van der Waals surface area contributed by atoms with Crippen LogP contribution in [0, 0.1) is 6.92 Å². The van der Waals surface area contributed by atoms with Crippen molar-refractivity contribution in [3.8, 4) is 0 Å². The van der Waals surface area contributed by atoms with E-state index < -0.39 is 0 Å². The molecule has 1 aliphatic heterocycles. The van der Waals surface area contributed by atoms with Crippen molar-refractivity contribution in [1.29, 1.82) is 0 Å². The molecule has 3 aromatic carbocycles. The first kappa shape index (κ1) is 19.1. The predicted octanol–water partition coefficient (Wildman–Crippen LogP) is 4.50. The number of para-hydroxylation sites is 1. The number of benzene rings is 3. The van der Waals surface area contributed by atoms with Crippen molar-refractivity contribution in [1.82, 2.24) is 0 Å². The maximum atomic E-state index is 12.3. The number of hydrogen-bond donors (Lipinski definition) is 1. The Morgan fingerprint density at radius 1 is 0.793 bits per heavy atom. The van der Waals surface area contributed by atoms with Crippen LogP contribution in [-0.4, -0.2) is 32.1 Å². The van der Waals surface area contributed by atoms with Crippen LogP contribution in [0.25, 0.3) is 0 Å². The van der Waals surface area contributed by atoms with Crippen molar-refractivity contribution in [2.24, 2.45) is 0 Å². The van der Waals surface area contributed by atoms with Crippen LogP contribution in [0.5, 0.6) is 0 Å². The standard InChI is InChI=1S/C25H27N3O/c1-20-6-5-7-21(18-20)19-25(29)26-22-10-12-24(13-11-22)28-16-14-27(15-17-28)23-8-3-2-4-9-23/h2-13,18H,14-17,19H2,1H3,(H,26,29). The number of nitrogens with one attached hydrogen (secondary N) is 1. The number of carbonyl (C=O) groups is 1. The monoisotopic (exact) mass is 385 g/mol. The summed E-state index contributed by atoms with van der Waals surface area (Å²) in [7, 11) is 0. The molecule has 3 aromatic rings. The summed E-state index contributed by atoms with van der Waals surface area (Å²) in [5.74, 6) is 0.0137. The van der Waals surface area contributed by atoms with E-state index in [2.05, 4.69) is 63.6 Å². The van der Waals surface area contributed by atoms with E-state index in [0.29, 0.717) is 6.42 Å². The minimum atomic E-state index is 0.0137. The van der Waals surface area contributed by atoms with E-state index in [1.807, 2.05) is 37.3 Å². The largest absolute Gasteiger partial charge is 0.368 e. The van der Waals surface area contributed by atoms with Gasteiger partial charge in [-0.2, -0.15) is 0 Å². The fourth-order valence-electron chi connectivity index (χ4n) is 3.83. The Bertz CT molecular complexity index is 945. The highest BCUT2D eigenvalue weighted by Gasteiger charge is 2.17. The van der Waals surface area contributed by atoms with E-state index in [0.717, 1.165) is 37.4 Å². The van der Waals surface area contributed by atoms with Crippen LogP contribution in [0.1, 0.15) is 11.1 Å². The number of hydrogen-bond acceptors (Lipinski definition) is 3. The fourth-order valence-corrected chi connectivity index (χ4v) is 3.83. The first-order valence-corrected chi connectivity index (χ1v) is 10.2. The van der Waals surface area contributed by atoms with E-state index in [-0.39, 0.29) is 5.91 Å². The summed E-state index contributed by atoms with van der Waals surface area (Å²) in [4.78, 5) is 17.2. The van der Waals surface area contributed by atoms with Crippen LogP contribution in [0.3, 0.4) is 0 Å². The van der Waals surface area contributed by atoms with Gasteiger partial charge in [0.25, 0.3) is 0 Å². The number of piperazine rings is 1. The fraction of sp³-hybridized carbons (Fsp3) is 0.240. The molecule has 0 aliphatic carbocycles. The molecule has 0 bridgehead atoms. The molecule has 1 fully saturated rings. The summed E-state index contributed by atoms with van der Waals surface area (Å²) < 4.78 is 0. The number of carbonyl (C=O) groups excluding carboxylic acids is 1. The molecule has 4 heteroatoms. The van der Waals surface area contributed by atoms with E-state index in [4.69, 9.17) is 0 Å². The van der Waals surface area contributed by atoms with E-state index >= 15 is 0 Å². The van der Waals surface area contributed by atoms with Crippen LogP contribution in [0.2, 0.25) is 0 Å². The predicted molar refractivity (Wildman–Crippen MR) is 121 cm³/mol. The van der Waals surface area contributed by atoms with Gasteiger partial charge < -0.3 is 15.1 Å². The number of aryl methyl sites for hydroxylation is 1. The molecule has 148 valence electrons. The lowest BCUT2D eigenvalue weighted by Crippen LogP contribution is -2.46. The lowest BCUT2D eigenvalue weighted by atomic mass is 10.1. The summed E-state index contributed by atoms with van der Waals surface area (Å²) >= 11 is 0. The van der Waals surface area contributed by atoms with Crippen molar-refractivity contribution in [3.05, 3.63) is 90.0 Å². The molecule has 29 heavy (non-hydrogen) atoms. The molecule has 4 nitrogen and oxygen atoms in total. The molecule has 1 heterocycles. The molecule has 0 radical (unpaired) electrons. The van der Waals surface area contributed by atoms with Gasteiger partial charge in [0.15, 0.2) is 0 Å². The first-order chi connectivity index (χ1) is 14.2. The molecule has 4 rings (SSSR count). The summed E-state index contributed by atoms with van der Waals surface area (Å²) in [5, 5.41) is 3.00. The highest BCUT2D eigenvalue weighted by molar-refractivity contribution is 5.92. The van der Waals surface area contributed by atoms with Gasteiger partial charge in [0, 0.05) is 43.2 Å². The summed E-state index contributed by atoms with van der Waals surface area (Å²) in [6.07, 6.45) is 0.394. The van der Waals surface area contributed by atoms with E-state index in [9.17, 15) is 4.79 Å². The second-order valence-corrected chi connectivity index (χ2v) is 7.57. The Morgan fingerprint density at radius 2 is 1.41 bits per heavy atom. The molecule has 0 spiro atoms. The van der Waals surface area contributed by atoms with Gasteiger partial charge in [0.2, 0.25) is 5.91 Å². The maximum Gasteiger partial charge on any atom is 0.228 e. The minimum absolute atomic E-state index is 0.0137. The Labute approximate surface area is 172 Å². The SMILES string of the molecule is Cc1cccc(CC(=O)Nc2ccc(N3CCN(c4ccccc4)CC3)cc2)c1. The number of rotatable bonds is 5. The van der Waals surface area contributed by atoms with E-state index in [1.54, 1.807) is 0 Å². The van der Waals surface area contributed by atoms with Crippen LogP contribution in [-0.2, 0) is 11.2 Å². The second-order valence-electron chi connectivity index (χ2n) is 7.57. The number of nitrogens with zero attached hydrogens (tertiary/aromatic N) is 2. The van der Waals surface area contributed by atoms with Gasteiger partial charge in [-0.1, -0.05) is 48.0 Å². The van der Waals surface area contributed by atoms with Crippen LogP contribution < -0.4 is 15.1 Å². The quantitative estimate of drug-likeness (QED) is 0.702. The van der Waals surface area contributed by atoms with Crippen LogP contribution in [0.15, 0.2) is 78.9 Å². The smallest absolute Gasteiger partial charge is 0.228 e. The highest BCUT2D eigenvalue weighted by atomic mass is 16.1. The van der Waals surface area contributed by atoms with Crippen LogP contribution >= 0.6 is 0 Å². The van der Waals surface area contributed by atoms with Crippen molar-refractivity contribution in [3.63, 3.8) is 0 Å². The highest BCUT2D eigenvalue weighted by Crippen LogP contribution is 2.22. The third kappa shape index (κ3) is 4.96. The molecule has 1 saturated heterocycles. The van der Waals surface area contributed by atoms with Gasteiger partial charge >= 0.3 is 0 Å². The zero-order chi connectivity index (χ0) is 20.1. The van der Waals surface area contributed by atoms with Gasteiger partial charge in [-0.05, 0) is 48.9 Å². The molecule has 0 unspecified atom stereocenters. The van der Waals surface area contributed by atoms with Gasteiger partial charge in [-0.3, -0.25) is 4.79 Å². The molecule has 0 aromatic heterocycles. The number of amides is 1. The molecule has 1 amide bonds. The van der Waals surface area contributed by atoms with Crippen LogP contribution in [0.4, 0.5) is 17.1 Å². The summed E-state index contributed by atoms with van der Waals surface area (Å²) in [6, 6.07) is 26.8. The lowest BCUT2D eigenvalue weighted by molar-refractivity contribution is -0.115. The Morgan fingerprint density at radius 3 is 2.03 bits per heavy atom. The van der Waals surface area contributed by atoms with Crippen molar-refractivity contribution in [2.45, 2.75) is 13.3 Å². The van der Waals surface area contributed by atoms with Gasteiger partial charge in [0.1, 0.15) is 0 Å². The maximum absolute atomic E-state index is 12.3. The van der Waals surface area contributed by atoms with Gasteiger partial charge in [-0.15, -0.1) is 0 Å². The first-order valence-electron chi connectivity index (χ1n) is 10.2. The Balaban J connectivity index is 1.31. The topological polar surface area (TPSA) is 35.6 Å². The second kappa shape index (κ2) is 8.82. The van der Waals surface area contributed by atoms with Gasteiger partial charge in [0.05, 0.1) is 6.42 Å². The molecular weight excluding hydrogens is 358 g/mol. The molecule has 1 aliphatic rings. The van der Waals surface area contributed by atoms with Gasteiger partial charge in [-0.25, -0.2) is 0 Å². The average molecular weight is 386 g/mol. The Kier molecular flexibility index (Phi) is 5.80. The molecular formula is C25H27N3O. The molecule has 0 saturated carbocycles. The molecule has 0 atom stereocenters. The van der Waals surface area contributed by atoms with Crippen molar-refractivity contribution in [2.75, 3.05) is 41.3 Å². The van der Waals surface area contributed by atoms with Crippen molar-refractivity contribution >= 4 is 23.0 Å². The summed E-state index contributed by atoms with van der Waals surface area (Å²) in [5.41, 5.74) is 5.55. The minimum Gasteiger partial charge on any atom is -0.368 e. The van der Waals surface area contributed by atoms with E-state index in [1.165, 1.54) is 16.9 Å². The average Bonchev–Trinajstić information content (AvgIpc) is 2.75. The third-order valence-electron chi connectivity index (χ3n) is 5.36. The van der Waals surface area contributed by atoms with Crippen molar-refractivity contribution < 1.29 is 4.79 Å². The number of anilines is 3. The lowest BCUT2D eigenvalue weighted by Gasteiger charge is -2.37. The Hall–Kier alpha value is -3.27. The zero-order valence-corrected chi connectivity index (χ0v) is 16.8. The third-order valence-corrected chi connectivity index (χ3v) is 5.36.